The van der Waals surface area contributed by atoms with E-state index in [9.17, 15) is 4.39 Å². The molecule has 6 heteroatoms. The van der Waals surface area contributed by atoms with Gasteiger partial charge in [0.15, 0.2) is 5.82 Å². The number of aryl methyl sites for hydroxylation is 1. The first-order chi connectivity index (χ1) is 11.1. The lowest BCUT2D eigenvalue weighted by molar-refractivity contribution is 0.419. The number of rotatable bonds is 5. The van der Waals surface area contributed by atoms with E-state index in [1.54, 1.807) is 23.5 Å². The molecule has 1 unspecified atom stereocenters. The van der Waals surface area contributed by atoms with Crippen molar-refractivity contribution in [1.82, 2.24) is 15.5 Å². The molecular weight excluding hydrogens is 313 g/mol. The van der Waals surface area contributed by atoms with Crippen molar-refractivity contribution < 1.29 is 8.91 Å². The fraction of sp³-hybridized carbons (Fsp3) is 0.294. The van der Waals surface area contributed by atoms with Gasteiger partial charge in [-0.2, -0.15) is 4.98 Å². The Morgan fingerprint density at radius 2 is 2.04 bits per heavy atom. The Hall–Kier alpha value is -2.05. The van der Waals surface area contributed by atoms with Crippen molar-refractivity contribution in [1.29, 1.82) is 0 Å². The molecule has 1 atom stereocenters. The van der Waals surface area contributed by atoms with Crippen molar-refractivity contribution in [3.63, 3.8) is 0 Å². The smallest absolute Gasteiger partial charge is 0.268 e. The van der Waals surface area contributed by atoms with Crippen LogP contribution in [0.5, 0.6) is 0 Å². The van der Waals surface area contributed by atoms with Gasteiger partial charge in [-0.25, -0.2) is 4.39 Å². The van der Waals surface area contributed by atoms with Crippen molar-refractivity contribution in [3.05, 3.63) is 46.9 Å². The predicted octanol–water partition coefficient (Wildman–Crippen LogP) is 4.06. The predicted molar refractivity (Wildman–Crippen MR) is 90.0 cm³/mol. The first-order valence-corrected chi connectivity index (χ1v) is 8.25. The molecule has 4 nitrogen and oxygen atoms in total. The molecule has 2 heterocycles. The maximum absolute atomic E-state index is 13.1. The number of hydrogen-bond donors (Lipinski definition) is 1. The Morgan fingerprint density at radius 3 is 2.74 bits per heavy atom. The minimum absolute atomic E-state index is 0.234. The summed E-state index contributed by atoms with van der Waals surface area (Å²) in [5, 5.41) is 7.19. The van der Waals surface area contributed by atoms with Crippen LogP contribution in [0.4, 0.5) is 4.39 Å². The molecule has 2 aromatic heterocycles. The Kier molecular flexibility index (Phi) is 4.54. The molecule has 0 amide bonds. The monoisotopic (exact) mass is 331 g/mol. The zero-order valence-corrected chi connectivity index (χ0v) is 14.1. The van der Waals surface area contributed by atoms with Gasteiger partial charge in [0.2, 0.25) is 0 Å². The van der Waals surface area contributed by atoms with Gasteiger partial charge in [-0.05, 0) is 50.2 Å². The van der Waals surface area contributed by atoms with Gasteiger partial charge in [0, 0.05) is 17.3 Å². The van der Waals surface area contributed by atoms with Gasteiger partial charge in [0.25, 0.3) is 5.89 Å². The molecule has 3 rings (SSSR count). The normalized spacial score (nSPS) is 12.5. The van der Waals surface area contributed by atoms with Gasteiger partial charge >= 0.3 is 0 Å². The van der Waals surface area contributed by atoms with Crippen LogP contribution >= 0.6 is 11.3 Å². The van der Waals surface area contributed by atoms with Crippen molar-refractivity contribution >= 4 is 11.3 Å². The summed E-state index contributed by atoms with van der Waals surface area (Å²) in [4.78, 5) is 6.53. The molecule has 0 aliphatic carbocycles. The van der Waals surface area contributed by atoms with E-state index in [2.05, 4.69) is 22.4 Å². The van der Waals surface area contributed by atoms with Crippen LogP contribution in [0.25, 0.3) is 21.9 Å². The van der Waals surface area contributed by atoms with E-state index < -0.39 is 0 Å². The Balaban J connectivity index is 1.87. The molecule has 0 saturated carbocycles. The van der Waals surface area contributed by atoms with E-state index in [4.69, 9.17) is 4.52 Å². The lowest BCUT2D eigenvalue weighted by Crippen LogP contribution is -2.24. The number of thiophene rings is 1. The van der Waals surface area contributed by atoms with Gasteiger partial charge in [-0.15, -0.1) is 11.3 Å². The molecule has 23 heavy (non-hydrogen) atoms. The van der Waals surface area contributed by atoms with Gasteiger partial charge in [-0.1, -0.05) is 17.3 Å². The van der Waals surface area contributed by atoms with Crippen LogP contribution in [0.2, 0.25) is 0 Å². The quantitative estimate of drug-likeness (QED) is 0.766. The Morgan fingerprint density at radius 1 is 1.30 bits per heavy atom. The van der Waals surface area contributed by atoms with E-state index in [0.29, 0.717) is 17.8 Å². The number of nitrogens with zero attached hydrogens (tertiary/aromatic N) is 2. The summed E-state index contributed by atoms with van der Waals surface area (Å²) in [7, 11) is 1.91. The van der Waals surface area contributed by atoms with E-state index >= 15 is 0 Å². The summed E-state index contributed by atoms with van der Waals surface area (Å²) in [6.07, 6.45) is 0.717. The third kappa shape index (κ3) is 3.48. The van der Waals surface area contributed by atoms with E-state index in [1.165, 1.54) is 12.1 Å². The number of likely N-dealkylation sites (N-methyl/N-ethyl adjacent to an activating group) is 1. The maximum Gasteiger partial charge on any atom is 0.268 e. The number of benzene rings is 1. The van der Waals surface area contributed by atoms with Crippen LogP contribution in [-0.2, 0) is 6.42 Å². The summed E-state index contributed by atoms with van der Waals surface area (Å²) in [5.41, 5.74) is 2.04. The van der Waals surface area contributed by atoms with E-state index in [1.807, 2.05) is 20.0 Å². The Labute approximate surface area is 138 Å². The molecule has 0 spiro atoms. The van der Waals surface area contributed by atoms with E-state index in [0.717, 1.165) is 27.3 Å². The standard InChI is InChI=1S/C17H18FN3OS/c1-10(19-3)8-16-20-17(22-21-16)15-9-14(11(2)23-15)12-4-6-13(18)7-5-12/h4-7,9-10,19H,8H2,1-3H3. The highest BCUT2D eigenvalue weighted by atomic mass is 32.1. The fourth-order valence-corrected chi connectivity index (χ4v) is 3.28. The first-order valence-electron chi connectivity index (χ1n) is 7.43. The minimum Gasteiger partial charge on any atom is -0.333 e. The third-order valence-corrected chi connectivity index (χ3v) is 4.77. The topological polar surface area (TPSA) is 51.0 Å². The lowest BCUT2D eigenvalue weighted by atomic mass is 10.1. The lowest BCUT2D eigenvalue weighted by Gasteiger charge is -2.04. The number of nitrogens with one attached hydrogen (secondary N) is 1. The van der Waals surface area contributed by atoms with Gasteiger partial charge in [0.1, 0.15) is 5.82 Å². The zero-order chi connectivity index (χ0) is 16.4. The highest BCUT2D eigenvalue weighted by Gasteiger charge is 2.15. The van der Waals surface area contributed by atoms with Crippen LogP contribution in [0, 0.1) is 12.7 Å². The van der Waals surface area contributed by atoms with Gasteiger partial charge < -0.3 is 9.84 Å². The molecule has 1 N–H and O–H groups in total. The van der Waals surface area contributed by atoms with Gasteiger partial charge in [-0.3, -0.25) is 0 Å². The second kappa shape index (κ2) is 6.60. The molecule has 0 aliphatic rings. The number of halogens is 1. The molecule has 120 valence electrons. The molecular formula is C17H18FN3OS. The van der Waals surface area contributed by atoms with Gasteiger partial charge in [0.05, 0.1) is 4.88 Å². The molecule has 3 aromatic rings. The molecule has 0 bridgehead atoms. The summed E-state index contributed by atoms with van der Waals surface area (Å²) in [5.74, 6) is 0.989. The van der Waals surface area contributed by atoms with Crippen molar-refractivity contribution in [2.24, 2.45) is 0 Å². The van der Waals surface area contributed by atoms with Crippen molar-refractivity contribution in [2.45, 2.75) is 26.3 Å². The molecule has 0 saturated heterocycles. The van der Waals surface area contributed by atoms with Crippen LogP contribution < -0.4 is 5.32 Å². The van der Waals surface area contributed by atoms with E-state index in [-0.39, 0.29) is 5.82 Å². The van der Waals surface area contributed by atoms with Crippen LogP contribution in [0.1, 0.15) is 17.6 Å². The minimum atomic E-state index is -0.234. The maximum atomic E-state index is 13.1. The first kappa shape index (κ1) is 15.8. The summed E-state index contributed by atoms with van der Waals surface area (Å²) in [6.45, 7) is 4.10. The summed E-state index contributed by atoms with van der Waals surface area (Å²) < 4.78 is 18.5. The fourth-order valence-electron chi connectivity index (χ4n) is 2.32. The van der Waals surface area contributed by atoms with Crippen molar-refractivity contribution in [2.75, 3.05) is 7.05 Å². The number of aromatic nitrogens is 2. The zero-order valence-electron chi connectivity index (χ0n) is 13.3. The molecule has 1 aromatic carbocycles. The summed E-state index contributed by atoms with van der Waals surface area (Å²) in [6, 6.07) is 8.81. The van der Waals surface area contributed by atoms with Crippen LogP contribution in [0.15, 0.2) is 34.9 Å². The molecule has 0 fully saturated rings. The highest BCUT2D eigenvalue weighted by molar-refractivity contribution is 7.15. The third-order valence-electron chi connectivity index (χ3n) is 3.73. The van der Waals surface area contributed by atoms with Crippen LogP contribution in [-0.4, -0.2) is 23.2 Å². The average Bonchev–Trinajstić information content (AvgIpc) is 3.15. The molecule has 0 aliphatic heterocycles. The second-order valence-corrected chi connectivity index (χ2v) is 6.75. The highest BCUT2D eigenvalue weighted by Crippen LogP contribution is 2.36. The molecule has 0 radical (unpaired) electrons. The second-order valence-electron chi connectivity index (χ2n) is 5.50. The largest absolute Gasteiger partial charge is 0.333 e. The van der Waals surface area contributed by atoms with Crippen LogP contribution in [0.3, 0.4) is 0 Å². The van der Waals surface area contributed by atoms with Crippen molar-refractivity contribution in [3.8, 4) is 21.9 Å². The average molecular weight is 331 g/mol. The number of hydrogen-bond acceptors (Lipinski definition) is 5. The SMILES string of the molecule is CNC(C)Cc1noc(-c2cc(-c3ccc(F)cc3)c(C)s2)n1. The summed E-state index contributed by atoms with van der Waals surface area (Å²) >= 11 is 1.60. The Bertz CT molecular complexity index is 795.